The minimum absolute atomic E-state index is 0.140. The van der Waals surface area contributed by atoms with Crippen molar-refractivity contribution in [2.75, 3.05) is 5.32 Å². The number of benzene rings is 1. The molecule has 18 heavy (non-hydrogen) atoms. The molecule has 1 fully saturated rings. The van der Waals surface area contributed by atoms with E-state index in [4.69, 9.17) is 0 Å². The molecule has 0 saturated heterocycles. The molecule has 0 aliphatic heterocycles. The minimum Gasteiger partial charge on any atom is -0.377 e. The summed E-state index contributed by atoms with van der Waals surface area (Å²) >= 11 is 0. The zero-order valence-corrected chi connectivity index (χ0v) is 10.1. The van der Waals surface area contributed by atoms with E-state index in [2.05, 4.69) is 5.32 Å². The number of rotatable bonds is 2. The second-order valence-corrected chi connectivity index (χ2v) is 4.96. The van der Waals surface area contributed by atoms with Crippen LogP contribution in [0.4, 0.5) is 23.2 Å². The molecule has 5 heteroatoms. The average molecular weight is 261 g/mol. The summed E-state index contributed by atoms with van der Waals surface area (Å²) in [6, 6.07) is 0.0817. The van der Waals surface area contributed by atoms with Crippen molar-refractivity contribution in [3.8, 4) is 0 Å². The van der Waals surface area contributed by atoms with Gasteiger partial charge in [0.05, 0.1) is 0 Å². The fourth-order valence-electron chi connectivity index (χ4n) is 2.47. The number of hydrogen-bond donors (Lipinski definition) is 1. The van der Waals surface area contributed by atoms with Gasteiger partial charge in [0.25, 0.3) is 0 Å². The molecule has 100 valence electrons. The van der Waals surface area contributed by atoms with Gasteiger partial charge in [-0.1, -0.05) is 19.8 Å². The van der Waals surface area contributed by atoms with Crippen molar-refractivity contribution in [1.29, 1.82) is 0 Å². The summed E-state index contributed by atoms with van der Waals surface area (Å²) in [5.41, 5.74) is -0.688. The third kappa shape index (κ3) is 2.60. The Morgan fingerprint density at radius 1 is 1.06 bits per heavy atom. The van der Waals surface area contributed by atoms with E-state index in [0.29, 0.717) is 5.92 Å². The molecule has 1 aromatic carbocycles. The molecule has 0 heterocycles. The van der Waals surface area contributed by atoms with Crippen molar-refractivity contribution in [1.82, 2.24) is 0 Å². The van der Waals surface area contributed by atoms with E-state index in [1.54, 1.807) is 0 Å². The van der Waals surface area contributed by atoms with Crippen molar-refractivity contribution in [2.24, 2.45) is 5.92 Å². The third-order valence-corrected chi connectivity index (χ3v) is 3.40. The Balaban J connectivity index is 2.23. The molecule has 2 rings (SSSR count). The molecule has 0 aromatic heterocycles. The van der Waals surface area contributed by atoms with E-state index in [1.807, 2.05) is 6.92 Å². The van der Waals surface area contributed by atoms with Crippen LogP contribution in [0.5, 0.6) is 0 Å². The summed E-state index contributed by atoms with van der Waals surface area (Å²) < 4.78 is 53.0. The van der Waals surface area contributed by atoms with Crippen molar-refractivity contribution in [2.45, 2.75) is 38.6 Å². The maximum absolute atomic E-state index is 13.5. The summed E-state index contributed by atoms with van der Waals surface area (Å²) in [6.07, 6.45) is 3.51. The molecule has 0 amide bonds. The molecule has 0 radical (unpaired) electrons. The van der Waals surface area contributed by atoms with Crippen molar-refractivity contribution < 1.29 is 17.6 Å². The van der Waals surface area contributed by atoms with Crippen LogP contribution in [-0.2, 0) is 0 Å². The highest BCUT2D eigenvalue weighted by atomic mass is 19.2. The van der Waals surface area contributed by atoms with Gasteiger partial charge < -0.3 is 5.32 Å². The van der Waals surface area contributed by atoms with Gasteiger partial charge in [0.15, 0.2) is 23.3 Å². The lowest BCUT2D eigenvalue weighted by Crippen LogP contribution is -2.27. The van der Waals surface area contributed by atoms with E-state index in [-0.39, 0.29) is 12.1 Å². The van der Waals surface area contributed by atoms with Crippen LogP contribution in [-0.4, -0.2) is 6.04 Å². The molecular weight excluding hydrogens is 246 g/mol. The highest BCUT2D eigenvalue weighted by Crippen LogP contribution is 2.30. The Hall–Kier alpha value is -1.26. The highest BCUT2D eigenvalue weighted by molar-refractivity contribution is 5.48. The Labute approximate surface area is 103 Å². The van der Waals surface area contributed by atoms with Gasteiger partial charge in [-0.2, -0.15) is 0 Å². The molecule has 2 unspecified atom stereocenters. The molecule has 2 atom stereocenters. The predicted molar refractivity (Wildman–Crippen MR) is 61.3 cm³/mol. The molecule has 0 spiro atoms. The molecule has 1 aliphatic rings. The monoisotopic (exact) mass is 261 g/mol. The van der Waals surface area contributed by atoms with Crippen LogP contribution in [0, 0.1) is 29.2 Å². The normalized spacial score (nSPS) is 24.1. The minimum atomic E-state index is -1.37. The van der Waals surface area contributed by atoms with Gasteiger partial charge in [0, 0.05) is 12.1 Å². The van der Waals surface area contributed by atoms with E-state index < -0.39 is 29.0 Å². The van der Waals surface area contributed by atoms with E-state index >= 15 is 0 Å². The van der Waals surface area contributed by atoms with Crippen LogP contribution in [0.3, 0.4) is 0 Å². The maximum Gasteiger partial charge on any atom is 0.185 e. The van der Waals surface area contributed by atoms with Crippen molar-refractivity contribution in [3.05, 3.63) is 29.3 Å². The number of anilines is 1. The quantitative estimate of drug-likeness (QED) is 0.620. The van der Waals surface area contributed by atoms with Crippen LogP contribution in [0.1, 0.15) is 32.6 Å². The zero-order valence-electron chi connectivity index (χ0n) is 10.1. The standard InChI is InChI=1S/C13H15F4N/c1-7-3-2-4-8(5-7)18-13-11(16)9(14)6-10(15)12(13)17/h6-8,18H,2-5H2,1H3. The molecule has 1 nitrogen and oxygen atoms in total. The predicted octanol–water partition coefficient (Wildman–Crippen LogP) is 4.23. The second-order valence-electron chi connectivity index (χ2n) is 4.96. The SMILES string of the molecule is CC1CCCC(Nc2c(F)c(F)cc(F)c2F)C1. The number of nitrogens with one attached hydrogen (secondary N) is 1. The van der Waals surface area contributed by atoms with E-state index in [1.165, 1.54) is 0 Å². The van der Waals surface area contributed by atoms with Crippen LogP contribution in [0.25, 0.3) is 0 Å². The van der Waals surface area contributed by atoms with Gasteiger partial charge in [-0.25, -0.2) is 17.6 Å². The topological polar surface area (TPSA) is 12.0 Å². The molecule has 1 aromatic rings. The number of hydrogen-bond acceptors (Lipinski definition) is 1. The first kappa shape index (κ1) is 13.2. The lowest BCUT2D eigenvalue weighted by Gasteiger charge is -2.28. The lowest BCUT2D eigenvalue weighted by molar-refractivity contribution is 0.355. The Kier molecular flexibility index (Phi) is 3.78. The van der Waals surface area contributed by atoms with Gasteiger partial charge in [0.2, 0.25) is 0 Å². The molecule has 0 bridgehead atoms. The van der Waals surface area contributed by atoms with Gasteiger partial charge in [-0.05, 0) is 18.8 Å². The lowest BCUT2D eigenvalue weighted by atomic mass is 9.87. The van der Waals surface area contributed by atoms with Gasteiger partial charge in [-0.15, -0.1) is 0 Å². The molecule has 1 aliphatic carbocycles. The highest BCUT2D eigenvalue weighted by Gasteiger charge is 2.24. The Bertz CT molecular complexity index is 421. The van der Waals surface area contributed by atoms with Crippen molar-refractivity contribution >= 4 is 5.69 Å². The third-order valence-electron chi connectivity index (χ3n) is 3.40. The Morgan fingerprint density at radius 3 is 2.22 bits per heavy atom. The molecular formula is C13H15F4N. The first-order valence-electron chi connectivity index (χ1n) is 6.08. The van der Waals surface area contributed by atoms with Gasteiger partial charge >= 0.3 is 0 Å². The fourth-order valence-corrected chi connectivity index (χ4v) is 2.47. The van der Waals surface area contributed by atoms with Gasteiger partial charge in [0.1, 0.15) is 5.69 Å². The second kappa shape index (κ2) is 5.16. The summed E-state index contributed by atoms with van der Waals surface area (Å²) in [5, 5.41) is 2.60. The summed E-state index contributed by atoms with van der Waals surface area (Å²) in [7, 11) is 0. The smallest absolute Gasteiger partial charge is 0.185 e. The fraction of sp³-hybridized carbons (Fsp3) is 0.538. The van der Waals surface area contributed by atoms with Crippen LogP contribution in [0.2, 0.25) is 0 Å². The summed E-state index contributed by atoms with van der Waals surface area (Å²) in [5.74, 6) is -5.01. The molecule has 1 saturated carbocycles. The van der Waals surface area contributed by atoms with E-state index in [9.17, 15) is 17.6 Å². The summed E-state index contributed by atoms with van der Waals surface area (Å²) in [6.45, 7) is 2.05. The van der Waals surface area contributed by atoms with Crippen molar-refractivity contribution in [3.63, 3.8) is 0 Å². The summed E-state index contributed by atoms with van der Waals surface area (Å²) in [4.78, 5) is 0. The zero-order chi connectivity index (χ0) is 13.3. The first-order chi connectivity index (χ1) is 8.49. The first-order valence-corrected chi connectivity index (χ1v) is 6.08. The van der Waals surface area contributed by atoms with Crippen LogP contribution >= 0.6 is 0 Å². The maximum atomic E-state index is 13.5. The number of halogens is 4. The Morgan fingerprint density at radius 2 is 1.67 bits per heavy atom. The van der Waals surface area contributed by atoms with Crippen LogP contribution < -0.4 is 5.32 Å². The van der Waals surface area contributed by atoms with Gasteiger partial charge in [-0.3, -0.25) is 0 Å². The largest absolute Gasteiger partial charge is 0.377 e. The average Bonchev–Trinajstić information content (AvgIpc) is 2.32. The van der Waals surface area contributed by atoms with E-state index in [0.717, 1.165) is 25.7 Å². The molecule has 1 N–H and O–H groups in total. The van der Waals surface area contributed by atoms with Crippen LogP contribution in [0.15, 0.2) is 6.07 Å².